The van der Waals surface area contributed by atoms with Gasteiger partial charge in [0.2, 0.25) is 5.88 Å². The SMILES string of the molecule is CC[C@]12CNc3nnc(-c4ccccc4OCOC)cc3N1C[C@H](Oc1ccc(C3OCCO3)cn1)C2. The summed E-state index contributed by atoms with van der Waals surface area (Å²) in [4.78, 5) is 6.95. The predicted molar refractivity (Wildman–Crippen MR) is 137 cm³/mol. The third kappa shape index (κ3) is 4.56. The summed E-state index contributed by atoms with van der Waals surface area (Å²) in [6, 6.07) is 13.7. The Morgan fingerprint density at radius 3 is 2.78 bits per heavy atom. The number of nitrogens with one attached hydrogen (secondary N) is 1. The van der Waals surface area contributed by atoms with Crippen LogP contribution in [0.5, 0.6) is 11.6 Å². The third-order valence-corrected chi connectivity index (χ3v) is 7.31. The first-order chi connectivity index (χ1) is 18.2. The topological polar surface area (TPSA) is 100 Å². The fourth-order valence-corrected chi connectivity index (χ4v) is 5.40. The molecule has 194 valence electrons. The minimum Gasteiger partial charge on any atom is -0.472 e. The van der Waals surface area contributed by atoms with Crippen molar-refractivity contribution in [3.8, 4) is 22.9 Å². The fraction of sp³-hybridized carbons (Fsp3) is 0.444. The number of methoxy groups -OCH3 is 1. The van der Waals surface area contributed by atoms with Crippen LogP contribution in [-0.2, 0) is 14.2 Å². The van der Waals surface area contributed by atoms with Crippen LogP contribution < -0.4 is 19.7 Å². The second-order valence-corrected chi connectivity index (χ2v) is 9.50. The van der Waals surface area contributed by atoms with Gasteiger partial charge < -0.3 is 33.9 Å². The minimum atomic E-state index is -0.340. The number of hydrogen-bond acceptors (Lipinski definition) is 10. The van der Waals surface area contributed by atoms with Crippen molar-refractivity contribution in [2.24, 2.45) is 0 Å². The lowest BCUT2D eigenvalue weighted by Crippen LogP contribution is -2.52. The molecule has 0 amide bonds. The molecule has 3 aliphatic rings. The Balaban J connectivity index is 1.24. The van der Waals surface area contributed by atoms with Crippen molar-refractivity contribution in [1.29, 1.82) is 0 Å². The van der Waals surface area contributed by atoms with E-state index in [2.05, 4.69) is 38.4 Å². The number of pyridine rings is 1. The van der Waals surface area contributed by atoms with Crippen LogP contribution in [0.1, 0.15) is 31.6 Å². The van der Waals surface area contributed by atoms with E-state index in [1.54, 1.807) is 13.3 Å². The summed E-state index contributed by atoms with van der Waals surface area (Å²) >= 11 is 0. The summed E-state index contributed by atoms with van der Waals surface area (Å²) in [6.45, 7) is 5.10. The molecule has 1 aromatic carbocycles. The molecular weight excluding hydrogens is 474 g/mol. The van der Waals surface area contributed by atoms with Crippen LogP contribution in [0.2, 0.25) is 0 Å². The number of fused-ring (bicyclic) bond motifs is 3. The van der Waals surface area contributed by atoms with E-state index in [4.69, 9.17) is 23.7 Å². The molecule has 2 atom stereocenters. The zero-order chi connectivity index (χ0) is 25.2. The Morgan fingerprint density at radius 1 is 1.14 bits per heavy atom. The van der Waals surface area contributed by atoms with Gasteiger partial charge in [-0.2, -0.15) is 0 Å². The summed E-state index contributed by atoms with van der Waals surface area (Å²) < 4.78 is 28.4. The van der Waals surface area contributed by atoms with E-state index in [9.17, 15) is 0 Å². The molecule has 3 aliphatic heterocycles. The molecule has 0 unspecified atom stereocenters. The summed E-state index contributed by atoms with van der Waals surface area (Å²) in [7, 11) is 1.60. The van der Waals surface area contributed by atoms with Gasteiger partial charge in [-0.25, -0.2) is 4.98 Å². The van der Waals surface area contributed by atoms with Gasteiger partial charge in [0, 0.05) is 43.5 Å². The van der Waals surface area contributed by atoms with Crippen LogP contribution in [0.15, 0.2) is 48.7 Å². The smallest absolute Gasteiger partial charge is 0.213 e. The van der Waals surface area contributed by atoms with Crippen molar-refractivity contribution in [3.05, 3.63) is 54.2 Å². The van der Waals surface area contributed by atoms with Gasteiger partial charge in [-0.3, -0.25) is 0 Å². The van der Waals surface area contributed by atoms with E-state index in [0.717, 1.165) is 54.3 Å². The van der Waals surface area contributed by atoms with Crippen LogP contribution in [0, 0.1) is 0 Å². The molecule has 0 radical (unpaired) electrons. The largest absolute Gasteiger partial charge is 0.472 e. The van der Waals surface area contributed by atoms with Gasteiger partial charge >= 0.3 is 0 Å². The molecule has 2 aromatic heterocycles. The van der Waals surface area contributed by atoms with Crippen LogP contribution in [0.25, 0.3) is 11.3 Å². The van der Waals surface area contributed by atoms with Gasteiger partial charge in [0.1, 0.15) is 11.9 Å². The van der Waals surface area contributed by atoms with Gasteiger partial charge in [0.15, 0.2) is 18.9 Å². The average molecular weight is 506 g/mol. The molecule has 2 saturated heterocycles. The third-order valence-electron chi connectivity index (χ3n) is 7.31. The highest BCUT2D eigenvalue weighted by Gasteiger charge is 2.49. The number of aromatic nitrogens is 3. The van der Waals surface area contributed by atoms with E-state index in [-0.39, 0.29) is 24.7 Å². The summed E-state index contributed by atoms with van der Waals surface area (Å²) in [5.41, 5.74) is 3.45. The number of hydrogen-bond donors (Lipinski definition) is 1. The molecule has 0 bridgehead atoms. The normalized spacial score (nSPS) is 22.9. The number of para-hydroxylation sites is 1. The van der Waals surface area contributed by atoms with Crippen molar-refractivity contribution in [2.75, 3.05) is 50.4 Å². The number of benzene rings is 1. The molecule has 10 heteroatoms. The molecule has 1 N–H and O–H groups in total. The van der Waals surface area contributed by atoms with E-state index in [0.29, 0.717) is 24.8 Å². The van der Waals surface area contributed by atoms with Gasteiger partial charge in [-0.05, 0) is 30.7 Å². The van der Waals surface area contributed by atoms with Crippen LogP contribution in [0.3, 0.4) is 0 Å². The van der Waals surface area contributed by atoms with Crippen molar-refractivity contribution < 1.29 is 23.7 Å². The van der Waals surface area contributed by atoms with Crippen molar-refractivity contribution in [1.82, 2.24) is 15.2 Å². The lowest BCUT2D eigenvalue weighted by molar-refractivity contribution is -0.0444. The Bertz CT molecular complexity index is 1240. The molecule has 0 aliphatic carbocycles. The monoisotopic (exact) mass is 505 g/mol. The highest BCUT2D eigenvalue weighted by molar-refractivity contribution is 5.77. The lowest BCUT2D eigenvalue weighted by Gasteiger charge is -2.43. The molecule has 3 aromatic rings. The van der Waals surface area contributed by atoms with E-state index in [1.165, 1.54) is 0 Å². The summed E-state index contributed by atoms with van der Waals surface area (Å²) in [6.07, 6.45) is 3.25. The van der Waals surface area contributed by atoms with Crippen LogP contribution in [0.4, 0.5) is 11.5 Å². The number of rotatable bonds is 8. The van der Waals surface area contributed by atoms with E-state index in [1.807, 2.05) is 36.4 Å². The number of ether oxygens (including phenoxy) is 5. The first-order valence-corrected chi connectivity index (χ1v) is 12.7. The fourth-order valence-electron chi connectivity index (χ4n) is 5.40. The number of nitrogens with zero attached hydrogens (tertiary/aromatic N) is 4. The Kier molecular flexibility index (Phi) is 6.54. The Labute approximate surface area is 215 Å². The quantitative estimate of drug-likeness (QED) is 0.455. The highest BCUT2D eigenvalue weighted by Crippen LogP contribution is 2.45. The zero-order valence-electron chi connectivity index (χ0n) is 21.1. The molecule has 5 heterocycles. The van der Waals surface area contributed by atoms with Crippen molar-refractivity contribution in [3.63, 3.8) is 0 Å². The molecular formula is C27H31N5O5. The molecule has 0 saturated carbocycles. The maximum Gasteiger partial charge on any atom is 0.213 e. The molecule has 0 spiro atoms. The highest BCUT2D eigenvalue weighted by atomic mass is 16.7. The van der Waals surface area contributed by atoms with Crippen molar-refractivity contribution >= 4 is 11.5 Å². The lowest BCUT2D eigenvalue weighted by atomic mass is 9.90. The van der Waals surface area contributed by atoms with E-state index >= 15 is 0 Å². The standard InChI is InChI=1S/C27H31N5O5/c1-3-27-13-19(37-24-9-8-18(14-28-24)26-34-10-11-35-26)15-32(27)22-12-21(30-31-25(22)29-16-27)20-6-4-5-7-23(20)36-17-33-2/h4-9,12,14,19,26H,3,10-11,13,15-17H2,1-2H3,(H,29,31)/t19-,27+/m1/s1. The first kappa shape index (κ1) is 23.9. The second-order valence-electron chi connectivity index (χ2n) is 9.50. The van der Waals surface area contributed by atoms with Crippen molar-refractivity contribution in [2.45, 2.75) is 37.7 Å². The van der Waals surface area contributed by atoms with Gasteiger partial charge in [0.25, 0.3) is 0 Å². The zero-order valence-corrected chi connectivity index (χ0v) is 21.1. The minimum absolute atomic E-state index is 0.0148. The van der Waals surface area contributed by atoms with Gasteiger partial charge in [-0.15, -0.1) is 10.2 Å². The molecule has 2 fully saturated rings. The predicted octanol–water partition coefficient (Wildman–Crippen LogP) is 3.80. The summed E-state index contributed by atoms with van der Waals surface area (Å²) in [5, 5.41) is 12.5. The van der Waals surface area contributed by atoms with Crippen LogP contribution >= 0.6 is 0 Å². The Hall–Kier alpha value is -3.47. The molecule has 6 rings (SSSR count). The number of anilines is 2. The summed E-state index contributed by atoms with van der Waals surface area (Å²) in [5.74, 6) is 2.08. The van der Waals surface area contributed by atoms with E-state index < -0.39 is 0 Å². The Morgan fingerprint density at radius 2 is 2.00 bits per heavy atom. The second kappa shape index (κ2) is 10.1. The first-order valence-electron chi connectivity index (χ1n) is 12.7. The maximum atomic E-state index is 6.37. The average Bonchev–Trinajstić information content (AvgIpc) is 3.61. The maximum absolute atomic E-state index is 6.37. The van der Waals surface area contributed by atoms with Crippen LogP contribution in [-0.4, -0.2) is 67.0 Å². The van der Waals surface area contributed by atoms with Gasteiger partial charge in [0.05, 0.1) is 36.7 Å². The molecule has 37 heavy (non-hydrogen) atoms. The molecule has 10 nitrogen and oxygen atoms in total. The van der Waals surface area contributed by atoms with Gasteiger partial charge in [-0.1, -0.05) is 19.1 Å².